The Morgan fingerprint density at radius 2 is 2.24 bits per heavy atom. The summed E-state index contributed by atoms with van der Waals surface area (Å²) in [5.74, 6) is -0.160. The van der Waals surface area contributed by atoms with Crippen molar-refractivity contribution in [2.45, 2.75) is 13.0 Å². The number of pyridine rings is 1. The lowest BCUT2D eigenvalue weighted by molar-refractivity contribution is 0.0383. The zero-order valence-corrected chi connectivity index (χ0v) is 14.1. The molecule has 1 saturated heterocycles. The Hall–Kier alpha value is -2.29. The molecule has 3 heterocycles. The van der Waals surface area contributed by atoms with Crippen LogP contribution in [0.3, 0.4) is 0 Å². The van der Waals surface area contributed by atoms with Gasteiger partial charge in [0.2, 0.25) is 0 Å². The predicted molar refractivity (Wildman–Crippen MR) is 90.0 cm³/mol. The molecule has 1 amide bonds. The molecule has 25 heavy (non-hydrogen) atoms. The minimum atomic E-state index is -0.932. The minimum absolute atomic E-state index is 0.155. The number of carbonyl (C=O) groups is 1. The molecule has 0 saturated carbocycles. The van der Waals surface area contributed by atoms with Crippen LogP contribution in [0.1, 0.15) is 29.1 Å². The van der Waals surface area contributed by atoms with Gasteiger partial charge in [-0.2, -0.15) is 0 Å². The van der Waals surface area contributed by atoms with Crippen LogP contribution in [0.4, 0.5) is 0 Å². The van der Waals surface area contributed by atoms with E-state index in [0.29, 0.717) is 17.8 Å². The molecule has 2 N–H and O–H groups in total. The SMILES string of the molecule is C[C@H](O)c1onc(-c2cccnc2)c1C(=O)NCCN1CCOCC1. The Morgan fingerprint density at radius 3 is 2.92 bits per heavy atom. The number of hydrogen-bond acceptors (Lipinski definition) is 7. The summed E-state index contributed by atoms with van der Waals surface area (Å²) in [5, 5.41) is 16.7. The molecule has 1 aliphatic heterocycles. The molecule has 8 nitrogen and oxygen atoms in total. The van der Waals surface area contributed by atoms with Crippen LogP contribution in [-0.4, -0.2) is 65.4 Å². The summed E-state index contributed by atoms with van der Waals surface area (Å²) in [6, 6.07) is 3.55. The lowest BCUT2D eigenvalue weighted by Gasteiger charge is -2.26. The van der Waals surface area contributed by atoms with Gasteiger partial charge in [0, 0.05) is 44.1 Å². The largest absolute Gasteiger partial charge is 0.385 e. The van der Waals surface area contributed by atoms with Gasteiger partial charge in [-0.3, -0.25) is 14.7 Å². The van der Waals surface area contributed by atoms with Crippen LogP contribution in [0.2, 0.25) is 0 Å². The zero-order chi connectivity index (χ0) is 17.6. The van der Waals surface area contributed by atoms with Gasteiger partial charge in [0.25, 0.3) is 5.91 Å². The highest BCUT2D eigenvalue weighted by atomic mass is 16.5. The molecule has 0 unspecified atom stereocenters. The molecule has 0 radical (unpaired) electrons. The monoisotopic (exact) mass is 346 g/mol. The van der Waals surface area contributed by atoms with Gasteiger partial charge in [0.15, 0.2) is 5.76 Å². The van der Waals surface area contributed by atoms with Crippen molar-refractivity contribution in [2.24, 2.45) is 0 Å². The number of aliphatic hydroxyl groups excluding tert-OH is 1. The van der Waals surface area contributed by atoms with Crippen molar-refractivity contribution in [1.29, 1.82) is 0 Å². The average molecular weight is 346 g/mol. The summed E-state index contributed by atoms with van der Waals surface area (Å²) in [7, 11) is 0. The molecule has 1 atom stereocenters. The van der Waals surface area contributed by atoms with Gasteiger partial charge in [-0.15, -0.1) is 0 Å². The molecule has 8 heteroatoms. The Labute approximate surface area is 145 Å². The molecule has 0 bridgehead atoms. The fraction of sp³-hybridized carbons (Fsp3) is 0.471. The van der Waals surface area contributed by atoms with Crippen molar-refractivity contribution in [2.75, 3.05) is 39.4 Å². The van der Waals surface area contributed by atoms with Crippen molar-refractivity contribution < 1.29 is 19.2 Å². The Morgan fingerprint density at radius 1 is 1.44 bits per heavy atom. The van der Waals surface area contributed by atoms with Crippen molar-refractivity contribution >= 4 is 5.91 Å². The molecule has 1 fully saturated rings. The van der Waals surface area contributed by atoms with E-state index in [1.54, 1.807) is 24.5 Å². The third-order valence-electron chi connectivity index (χ3n) is 4.08. The number of morpholine rings is 1. The van der Waals surface area contributed by atoms with E-state index in [1.807, 2.05) is 0 Å². The highest BCUT2D eigenvalue weighted by Crippen LogP contribution is 2.28. The zero-order valence-electron chi connectivity index (χ0n) is 14.1. The predicted octanol–water partition coefficient (Wildman–Crippen LogP) is 0.852. The molecule has 0 aliphatic carbocycles. The maximum absolute atomic E-state index is 12.7. The molecule has 134 valence electrons. The molecule has 2 aromatic heterocycles. The lowest BCUT2D eigenvalue weighted by atomic mass is 10.0. The van der Waals surface area contributed by atoms with Crippen LogP contribution in [0.5, 0.6) is 0 Å². The summed E-state index contributed by atoms with van der Waals surface area (Å²) in [5.41, 5.74) is 1.30. The van der Waals surface area contributed by atoms with Gasteiger partial charge in [0.1, 0.15) is 17.4 Å². The molecule has 0 spiro atoms. The van der Waals surface area contributed by atoms with Gasteiger partial charge < -0.3 is 19.7 Å². The molecule has 2 aromatic rings. The number of aromatic nitrogens is 2. The maximum Gasteiger partial charge on any atom is 0.257 e. The first-order valence-corrected chi connectivity index (χ1v) is 8.33. The summed E-state index contributed by atoms with van der Waals surface area (Å²) < 4.78 is 10.5. The number of nitrogens with zero attached hydrogens (tertiary/aromatic N) is 3. The number of rotatable bonds is 6. The van der Waals surface area contributed by atoms with Gasteiger partial charge in [0.05, 0.1) is 13.2 Å². The third kappa shape index (κ3) is 4.22. The fourth-order valence-electron chi connectivity index (χ4n) is 2.75. The average Bonchev–Trinajstić information content (AvgIpc) is 3.09. The first kappa shape index (κ1) is 17.5. The lowest BCUT2D eigenvalue weighted by Crippen LogP contribution is -2.41. The molecular weight excluding hydrogens is 324 g/mol. The van der Waals surface area contributed by atoms with Gasteiger partial charge in [-0.1, -0.05) is 5.16 Å². The van der Waals surface area contributed by atoms with Crippen LogP contribution in [-0.2, 0) is 4.74 Å². The number of amides is 1. The van der Waals surface area contributed by atoms with E-state index in [-0.39, 0.29) is 17.2 Å². The summed E-state index contributed by atoms with van der Waals surface area (Å²) in [6.45, 7) is 5.94. The van der Waals surface area contributed by atoms with E-state index in [9.17, 15) is 9.90 Å². The number of hydrogen-bond donors (Lipinski definition) is 2. The smallest absolute Gasteiger partial charge is 0.257 e. The second-order valence-corrected chi connectivity index (χ2v) is 5.90. The van der Waals surface area contributed by atoms with Crippen LogP contribution < -0.4 is 5.32 Å². The Kier molecular flexibility index (Phi) is 5.75. The number of aliphatic hydroxyl groups is 1. The summed E-state index contributed by atoms with van der Waals surface area (Å²) >= 11 is 0. The Balaban J connectivity index is 1.72. The van der Waals surface area contributed by atoms with Crippen LogP contribution in [0, 0.1) is 0 Å². The molecule has 1 aliphatic rings. The van der Waals surface area contributed by atoms with Crippen LogP contribution >= 0.6 is 0 Å². The first-order valence-electron chi connectivity index (χ1n) is 8.33. The topological polar surface area (TPSA) is 101 Å². The van der Waals surface area contributed by atoms with E-state index < -0.39 is 6.10 Å². The van der Waals surface area contributed by atoms with Crippen molar-refractivity contribution in [3.8, 4) is 11.3 Å². The molecule has 3 rings (SSSR count). The number of nitrogens with one attached hydrogen (secondary N) is 1. The standard InChI is InChI=1S/C17H22N4O4/c1-12(22)16-14(15(20-25-16)13-3-2-4-18-11-13)17(23)19-5-6-21-7-9-24-10-8-21/h2-4,11-12,22H,5-10H2,1H3,(H,19,23)/t12-/m0/s1. The van der Waals surface area contributed by atoms with Gasteiger partial charge in [-0.05, 0) is 19.1 Å². The fourth-order valence-corrected chi connectivity index (χ4v) is 2.75. The van der Waals surface area contributed by atoms with E-state index >= 15 is 0 Å². The van der Waals surface area contributed by atoms with E-state index in [0.717, 1.165) is 32.8 Å². The minimum Gasteiger partial charge on any atom is -0.385 e. The highest BCUT2D eigenvalue weighted by molar-refractivity contribution is 6.00. The van der Waals surface area contributed by atoms with Crippen molar-refractivity contribution in [1.82, 2.24) is 20.4 Å². The summed E-state index contributed by atoms with van der Waals surface area (Å²) in [4.78, 5) is 19.0. The normalized spacial score (nSPS) is 16.6. The molecule has 0 aromatic carbocycles. The van der Waals surface area contributed by atoms with Crippen LogP contribution in [0.25, 0.3) is 11.3 Å². The maximum atomic E-state index is 12.7. The van der Waals surface area contributed by atoms with Gasteiger partial charge >= 0.3 is 0 Å². The highest BCUT2D eigenvalue weighted by Gasteiger charge is 2.26. The molecular formula is C17H22N4O4. The first-order chi connectivity index (χ1) is 12.2. The van der Waals surface area contributed by atoms with E-state index in [2.05, 4.69) is 20.4 Å². The van der Waals surface area contributed by atoms with E-state index in [4.69, 9.17) is 9.26 Å². The number of carbonyl (C=O) groups excluding carboxylic acids is 1. The van der Waals surface area contributed by atoms with Gasteiger partial charge in [-0.25, -0.2) is 0 Å². The van der Waals surface area contributed by atoms with Crippen molar-refractivity contribution in [3.05, 3.63) is 35.9 Å². The quantitative estimate of drug-likeness (QED) is 0.800. The number of ether oxygens (including phenoxy) is 1. The second-order valence-electron chi connectivity index (χ2n) is 5.90. The van der Waals surface area contributed by atoms with Crippen LogP contribution in [0.15, 0.2) is 29.0 Å². The third-order valence-corrected chi connectivity index (χ3v) is 4.08. The second kappa shape index (κ2) is 8.19. The van der Waals surface area contributed by atoms with E-state index in [1.165, 1.54) is 6.92 Å². The summed E-state index contributed by atoms with van der Waals surface area (Å²) in [6.07, 6.45) is 2.31. The Bertz CT molecular complexity index is 696. The van der Waals surface area contributed by atoms with Crippen molar-refractivity contribution in [3.63, 3.8) is 0 Å².